The zero-order valence-corrected chi connectivity index (χ0v) is 17.2. The molecule has 0 fully saturated rings. The van der Waals surface area contributed by atoms with Crippen LogP contribution in [0.5, 0.6) is 0 Å². The summed E-state index contributed by atoms with van der Waals surface area (Å²) in [6.45, 7) is 11.9. The second-order valence-corrected chi connectivity index (χ2v) is 7.28. The van der Waals surface area contributed by atoms with Crippen LogP contribution in [0.15, 0.2) is 36.4 Å². The Morgan fingerprint density at radius 1 is 0.520 bits per heavy atom. The van der Waals surface area contributed by atoms with E-state index in [4.69, 9.17) is 13.3 Å². The van der Waals surface area contributed by atoms with Crippen LogP contribution in [-0.2, 0) is 13.3 Å². The van der Waals surface area contributed by atoms with Gasteiger partial charge in [0.25, 0.3) is 0 Å². The minimum absolute atomic E-state index is 0.234. The zero-order chi connectivity index (χ0) is 18.9. The summed E-state index contributed by atoms with van der Waals surface area (Å²) >= 11 is 0. The van der Waals surface area contributed by atoms with Crippen molar-refractivity contribution >= 4 is 9.53 Å². The largest absolute Gasteiger partial charge is 0.709 e. The highest BCUT2D eigenvalue weighted by Gasteiger charge is 2.17. The molecule has 0 bridgehead atoms. The Balaban J connectivity index is 0.000000796. The number of hydrogen-bond donors (Lipinski definition) is 0. The zero-order valence-electron chi connectivity index (χ0n) is 16.0. The molecule has 1 rings (SSSR count). The van der Waals surface area contributed by atoms with Crippen molar-refractivity contribution in [1.82, 2.24) is 0 Å². The predicted molar refractivity (Wildman–Crippen MR) is 105 cm³/mol. The molecular formula is C21H28O3Si. The molecule has 25 heavy (non-hydrogen) atoms. The van der Waals surface area contributed by atoms with Gasteiger partial charge in [0.05, 0.1) is 18.3 Å². The molecule has 1 aromatic rings. The van der Waals surface area contributed by atoms with E-state index in [-0.39, 0.29) is 17.8 Å². The highest BCUT2D eigenvalue weighted by molar-refractivity contribution is 6.37. The summed E-state index contributed by atoms with van der Waals surface area (Å²) in [6, 6.07) is 12.0. The summed E-state index contributed by atoms with van der Waals surface area (Å²) in [5.41, 5.74) is 0. The monoisotopic (exact) mass is 356 g/mol. The van der Waals surface area contributed by atoms with E-state index in [9.17, 15) is 0 Å². The Kier molecular flexibility index (Phi) is 13.6. The average molecular weight is 357 g/mol. The molecule has 3 nitrogen and oxygen atoms in total. The van der Waals surface area contributed by atoms with E-state index in [1.165, 1.54) is 0 Å². The summed E-state index contributed by atoms with van der Waals surface area (Å²) in [5, 5.41) is 0. The van der Waals surface area contributed by atoms with Crippen LogP contribution in [0.4, 0.5) is 0 Å². The highest BCUT2D eigenvalue weighted by Crippen LogP contribution is 1.94. The normalized spacial score (nSPS) is 8.88. The number of rotatable bonds is 3. The van der Waals surface area contributed by atoms with E-state index in [1.54, 1.807) is 0 Å². The van der Waals surface area contributed by atoms with Gasteiger partial charge in [-0.3, -0.25) is 0 Å². The van der Waals surface area contributed by atoms with Crippen molar-refractivity contribution in [3.63, 3.8) is 0 Å². The molecule has 0 aliphatic heterocycles. The van der Waals surface area contributed by atoms with Crippen LogP contribution < -0.4 is 0 Å². The third-order valence-corrected chi connectivity index (χ3v) is 3.11. The van der Waals surface area contributed by atoms with Crippen molar-refractivity contribution in [3.05, 3.63) is 36.4 Å². The van der Waals surface area contributed by atoms with Gasteiger partial charge in [-0.25, -0.2) is 0 Å². The molecular weight excluding hydrogens is 328 g/mol. The number of benzene rings is 1. The van der Waals surface area contributed by atoms with Crippen molar-refractivity contribution in [2.24, 2.45) is 17.8 Å². The molecule has 0 saturated heterocycles. The fourth-order valence-corrected chi connectivity index (χ4v) is 1.69. The van der Waals surface area contributed by atoms with E-state index >= 15 is 0 Å². The first kappa shape index (κ1) is 22.5. The third-order valence-electron chi connectivity index (χ3n) is 2.17. The van der Waals surface area contributed by atoms with Gasteiger partial charge in [-0.05, 0) is 0 Å². The maximum atomic E-state index is 5.24. The fraction of sp³-hybridized carbons (Fsp3) is 0.429. The topological polar surface area (TPSA) is 27.7 Å². The Labute approximate surface area is 155 Å². The third kappa shape index (κ3) is 17.7. The lowest BCUT2D eigenvalue weighted by atomic mass is 10.2. The standard InChI is InChI=1S/C15H22O3Si.C6H6/c1-13(2)7-10-16-19(17-11-8-14(3)4)18-12-9-15(5)6;1-2-4-6-5-3-1/h13-15,19H,1-6H3;1-6H. The SMILES string of the molecule is CC(C)C#CO[SiH](OC#CC(C)C)OC#CC(C)C.c1ccccc1. The summed E-state index contributed by atoms with van der Waals surface area (Å²) < 4.78 is 15.7. The summed E-state index contributed by atoms with van der Waals surface area (Å²) in [7, 11) is -2.43. The van der Waals surface area contributed by atoms with Gasteiger partial charge in [-0.15, -0.1) is 0 Å². The van der Waals surface area contributed by atoms with Gasteiger partial charge in [0.2, 0.25) is 0 Å². The van der Waals surface area contributed by atoms with Gasteiger partial charge in [-0.2, -0.15) is 0 Å². The summed E-state index contributed by atoms with van der Waals surface area (Å²) in [5.74, 6) is 9.34. The Hall–Kier alpha value is -2.48. The quantitative estimate of drug-likeness (QED) is 0.597. The van der Waals surface area contributed by atoms with Crippen molar-refractivity contribution in [3.8, 4) is 36.1 Å². The molecule has 0 N–H and O–H groups in total. The second-order valence-electron chi connectivity index (χ2n) is 6.00. The van der Waals surface area contributed by atoms with Gasteiger partial charge in [0.15, 0.2) is 0 Å². The first-order valence-electron chi connectivity index (χ1n) is 8.40. The molecule has 0 aliphatic rings. The molecule has 4 heteroatoms. The average Bonchev–Trinajstić information content (AvgIpc) is 2.55. The van der Waals surface area contributed by atoms with E-state index in [2.05, 4.69) is 36.1 Å². The van der Waals surface area contributed by atoms with Crippen LogP contribution in [0.2, 0.25) is 0 Å². The molecule has 1 aromatic carbocycles. The van der Waals surface area contributed by atoms with Crippen molar-refractivity contribution < 1.29 is 13.3 Å². The Morgan fingerprint density at radius 2 is 0.760 bits per heavy atom. The molecule has 0 saturated carbocycles. The molecule has 0 aliphatic carbocycles. The minimum Gasteiger partial charge on any atom is -0.434 e. The van der Waals surface area contributed by atoms with Crippen molar-refractivity contribution in [2.45, 2.75) is 41.5 Å². The Bertz CT molecular complexity index is 526. The van der Waals surface area contributed by atoms with Crippen LogP contribution in [0, 0.1) is 53.8 Å². The van der Waals surface area contributed by atoms with Crippen LogP contribution in [0.3, 0.4) is 0 Å². The van der Waals surface area contributed by atoms with E-state index in [1.807, 2.05) is 77.9 Å². The first-order valence-corrected chi connectivity index (χ1v) is 9.81. The van der Waals surface area contributed by atoms with Crippen molar-refractivity contribution in [1.29, 1.82) is 0 Å². The van der Waals surface area contributed by atoms with Gasteiger partial charge in [-0.1, -0.05) is 95.7 Å². The van der Waals surface area contributed by atoms with Gasteiger partial charge in [0.1, 0.15) is 0 Å². The second kappa shape index (κ2) is 15.1. The fourth-order valence-electron chi connectivity index (χ4n) is 1.06. The maximum Gasteiger partial charge on any atom is 0.709 e. The first-order chi connectivity index (χ1) is 11.9. The molecule has 0 spiro atoms. The summed E-state index contributed by atoms with van der Waals surface area (Å²) in [4.78, 5) is 0. The van der Waals surface area contributed by atoms with Crippen LogP contribution in [0.1, 0.15) is 41.5 Å². The molecule has 0 amide bonds. The van der Waals surface area contributed by atoms with E-state index in [0.29, 0.717) is 0 Å². The van der Waals surface area contributed by atoms with Gasteiger partial charge >= 0.3 is 9.53 Å². The highest BCUT2D eigenvalue weighted by atomic mass is 28.3. The lowest BCUT2D eigenvalue weighted by Crippen LogP contribution is -2.21. The summed E-state index contributed by atoms with van der Waals surface area (Å²) in [6.07, 6.45) is 7.76. The number of hydrogen-bond acceptors (Lipinski definition) is 3. The molecule has 0 atom stereocenters. The van der Waals surface area contributed by atoms with E-state index < -0.39 is 9.53 Å². The molecule has 134 valence electrons. The Morgan fingerprint density at radius 3 is 0.960 bits per heavy atom. The van der Waals surface area contributed by atoms with E-state index in [0.717, 1.165) is 0 Å². The van der Waals surface area contributed by atoms with Crippen LogP contribution in [-0.4, -0.2) is 9.53 Å². The molecule has 0 aromatic heterocycles. The lowest BCUT2D eigenvalue weighted by molar-refractivity contribution is 0.256. The molecule has 0 radical (unpaired) electrons. The van der Waals surface area contributed by atoms with Gasteiger partial charge < -0.3 is 13.3 Å². The van der Waals surface area contributed by atoms with Crippen LogP contribution in [0.25, 0.3) is 0 Å². The van der Waals surface area contributed by atoms with Gasteiger partial charge in [0, 0.05) is 17.8 Å². The van der Waals surface area contributed by atoms with Crippen molar-refractivity contribution in [2.75, 3.05) is 0 Å². The predicted octanol–water partition coefficient (Wildman–Crippen LogP) is 4.29. The molecule has 0 unspecified atom stereocenters. The smallest absolute Gasteiger partial charge is 0.434 e. The lowest BCUT2D eigenvalue weighted by Gasteiger charge is -2.06. The molecule has 0 heterocycles. The minimum atomic E-state index is -2.43. The maximum absolute atomic E-state index is 5.24. The van der Waals surface area contributed by atoms with Crippen LogP contribution >= 0.6 is 0 Å².